The molecular formula is C20H23N3O3. The number of hydrogen-bond donors (Lipinski definition) is 0. The molecule has 0 bridgehead atoms. The summed E-state index contributed by atoms with van der Waals surface area (Å²) in [5.74, 6) is 0. The average molecular weight is 353 g/mol. The molecule has 1 aliphatic heterocycles. The lowest BCUT2D eigenvalue weighted by Gasteiger charge is -2.14. The maximum atomic E-state index is 12.9. The number of fused-ring (bicyclic) bond motifs is 1. The molecule has 1 saturated heterocycles. The molecule has 1 atom stereocenters. The van der Waals surface area contributed by atoms with Crippen molar-refractivity contribution in [2.45, 2.75) is 32.4 Å². The molecule has 0 unspecified atom stereocenters. The Balaban J connectivity index is 2.04. The van der Waals surface area contributed by atoms with E-state index in [-0.39, 0.29) is 17.4 Å². The fourth-order valence-electron chi connectivity index (χ4n) is 3.84. The molecule has 2 aromatic heterocycles. The van der Waals surface area contributed by atoms with Crippen LogP contribution < -0.4 is 11.2 Å². The Morgan fingerprint density at radius 1 is 1.19 bits per heavy atom. The van der Waals surface area contributed by atoms with Crippen LogP contribution in [-0.2, 0) is 25.4 Å². The van der Waals surface area contributed by atoms with E-state index in [0.717, 1.165) is 36.3 Å². The molecule has 1 fully saturated rings. The third kappa shape index (κ3) is 2.61. The lowest BCUT2D eigenvalue weighted by Crippen LogP contribution is -2.36. The molecule has 1 aromatic carbocycles. The quantitative estimate of drug-likeness (QED) is 0.725. The smallest absolute Gasteiger partial charge is 0.330 e. The van der Waals surface area contributed by atoms with Crippen molar-refractivity contribution in [2.75, 3.05) is 6.61 Å². The van der Waals surface area contributed by atoms with Gasteiger partial charge in [0.15, 0.2) is 0 Å². The minimum absolute atomic E-state index is 0.140. The van der Waals surface area contributed by atoms with Gasteiger partial charge in [-0.25, -0.2) is 4.79 Å². The fraction of sp³-hybridized carbons (Fsp3) is 0.400. The monoisotopic (exact) mass is 353 g/mol. The molecule has 1 aliphatic rings. The number of rotatable bonds is 3. The van der Waals surface area contributed by atoms with E-state index in [9.17, 15) is 9.59 Å². The molecule has 0 N–H and O–H groups in total. The zero-order valence-corrected chi connectivity index (χ0v) is 15.4. The summed E-state index contributed by atoms with van der Waals surface area (Å²) in [7, 11) is 3.24. The van der Waals surface area contributed by atoms with Crippen LogP contribution in [-0.4, -0.2) is 26.4 Å². The SMILES string of the molecule is Cc1cccc(-c2c3c(=O)n(C)c(=O)n(C)c3cn2C[C@@H]2CCCO2)c1. The Kier molecular flexibility index (Phi) is 4.07. The van der Waals surface area contributed by atoms with E-state index in [1.54, 1.807) is 11.6 Å². The van der Waals surface area contributed by atoms with Gasteiger partial charge in [-0.2, -0.15) is 0 Å². The van der Waals surface area contributed by atoms with Crippen LogP contribution in [0.3, 0.4) is 0 Å². The van der Waals surface area contributed by atoms with Crippen LogP contribution in [0.1, 0.15) is 18.4 Å². The van der Waals surface area contributed by atoms with Gasteiger partial charge in [-0.15, -0.1) is 0 Å². The van der Waals surface area contributed by atoms with E-state index in [2.05, 4.69) is 10.6 Å². The van der Waals surface area contributed by atoms with E-state index in [1.165, 1.54) is 11.6 Å². The summed E-state index contributed by atoms with van der Waals surface area (Å²) in [6.45, 7) is 3.49. The average Bonchev–Trinajstić information content (AvgIpc) is 3.26. The zero-order valence-electron chi connectivity index (χ0n) is 15.4. The second-order valence-electron chi connectivity index (χ2n) is 7.10. The topological polar surface area (TPSA) is 58.2 Å². The second-order valence-corrected chi connectivity index (χ2v) is 7.10. The van der Waals surface area contributed by atoms with E-state index in [0.29, 0.717) is 17.4 Å². The summed E-state index contributed by atoms with van der Waals surface area (Å²) < 4.78 is 10.6. The van der Waals surface area contributed by atoms with Gasteiger partial charge in [-0.05, 0) is 31.4 Å². The molecule has 0 spiro atoms. The van der Waals surface area contributed by atoms with Crippen LogP contribution >= 0.6 is 0 Å². The summed E-state index contributed by atoms with van der Waals surface area (Å²) in [5, 5.41) is 0.582. The van der Waals surface area contributed by atoms with E-state index < -0.39 is 0 Å². The largest absolute Gasteiger partial charge is 0.376 e. The number of nitrogens with zero attached hydrogens (tertiary/aromatic N) is 3. The van der Waals surface area contributed by atoms with Crippen molar-refractivity contribution in [1.29, 1.82) is 0 Å². The standard InChI is InChI=1S/C20H23N3O3/c1-13-6-4-7-14(10-13)18-17-16(21(2)20(25)22(3)19(17)24)12-23(18)11-15-8-5-9-26-15/h4,6-7,10,12,15H,5,8-9,11H2,1-3H3/t15-/m0/s1. The van der Waals surface area contributed by atoms with Crippen molar-refractivity contribution in [2.24, 2.45) is 14.1 Å². The van der Waals surface area contributed by atoms with Gasteiger partial charge in [-0.3, -0.25) is 13.9 Å². The van der Waals surface area contributed by atoms with Crippen LogP contribution in [0.25, 0.3) is 22.2 Å². The Bertz CT molecular complexity index is 1100. The summed E-state index contributed by atoms with van der Waals surface area (Å²) in [6.07, 6.45) is 4.13. The summed E-state index contributed by atoms with van der Waals surface area (Å²) in [6, 6.07) is 8.11. The van der Waals surface area contributed by atoms with Gasteiger partial charge in [0.25, 0.3) is 5.56 Å². The van der Waals surface area contributed by atoms with Crippen molar-refractivity contribution in [3.63, 3.8) is 0 Å². The molecule has 26 heavy (non-hydrogen) atoms. The zero-order chi connectivity index (χ0) is 18.4. The van der Waals surface area contributed by atoms with Crippen LogP contribution in [0.4, 0.5) is 0 Å². The number of aryl methyl sites for hydroxylation is 2. The van der Waals surface area contributed by atoms with Gasteiger partial charge in [0.1, 0.15) is 0 Å². The van der Waals surface area contributed by atoms with Crippen molar-refractivity contribution in [1.82, 2.24) is 13.7 Å². The van der Waals surface area contributed by atoms with E-state index in [1.807, 2.05) is 31.3 Å². The Hall–Kier alpha value is -2.60. The van der Waals surface area contributed by atoms with Gasteiger partial charge in [0.05, 0.1) is 22.7 Å². The maximum absolute atomic E-state index is 12.9. The first-order chi connectivity index (χ1) is 12.5. The molecule has 3 aromatic rings. The predicted octanol–water partition coefficient (Wildman–Crippen LogP) is 2.19. The lowest BCUT2D eigenvalue weighted by molar-refractivity contribution is 0.0975. The number of hydrogen-bond acceptors (Lipinski definition) is 3. The maximum Gasteiger partial charge on any atom is 0.330 e. The summed E-state index contributed by atoms with van der Waals surface area (Å²) >= 11 is 0. The van der Waals surface area contributed by atoms with Crippen LogP contribution in [0.5, 0.6) is 0 Å². The van der Waals surface area contributed by atoms with Gasteiger partial charge in [-0.1, -0.05) is 23.8 Å². The Morgan fingerprint density at radius 2 is 2.00 bits per heavy atom. The number of ether oxygens (including phenoxy) is 1. The normalized spacial score (nSPS) is 17.3. The Labute approximate surface area is 151 Å². The highest BCUT2D eigenvalue weighted by Crippen LogP contribution is 2.30. The molecule has 3 heterocycles. The first kappa shape index (κ1) is 16.8. The third-order valence-corrected chi connectivity index (χ3v) is 5.23. The molecule has 0 aliphatic carbocycles. The highest BCUT2D eigenvalue weighted by Gasteiger charge is 2.23. The molecule has 0 saturated carbocycles. The van der Waals surface area contributed by atoms with Gasteiger partial charge in [0.2, 0.25) is 0 Å². The minimum Gasteiger partial charge on any atom is -0.376 e. The van der Waals surface area contributed by atoms with Crippen LogP contribution in [0.15, 0.2) is 40.1 Å². The first-order valence-electron chi connectivity index (χ1n) is 8.95. The summed E-state index contributed by atoms with van der Waals surface area (Å²) in [4.78, 5) is 25.3. The fourth-order valence-corrected chi connectivity index (χ4v) is 3.84. The summed E-state index contributed by atoms with van der Waals surface area (Å²) in [5.41, 5.74) is 3.05. The number of benzene rings is 1. The molecule has 6 nitrogen and oxygen atoms in total. The minimum atomic E-state index is -0.312. The predicted molar refractivity (Wildman–Crippen MR) is 102 cm³/mol. The van der Waals surface area contributed by atoms with Crippen LogP contribution in [0.2, 0.25) is 0 Å². The van der Waals surface area contributed by atoms with Crippen molar-refractivity contribution >= 4 is 10.9 Å². The molecule has 6 heteroatoms. The highest BCUT2D eigenvalue weighted by atomic mass is 16.5. The molecular weight excluding hydrogens is 330 g/mol. The van der Waals surface area contributed by atoms with Gasteiger partial charge < -0.3 is 9.30 Å². The van der Waals surface area contributed by atoms with Gasteiger partial charge in [0, 0.05) is 33.4 Å². The Morgan fingerprint density at radius 3 is 2.69 bits per heavy atom. The van der Waals surface area contributed by atoms with Crippen LogP contribution in [0, 0.1) is 6.92 Å². The van der Waals surface area contributed by atoms with Crippen molar-refractivity contribution in [3.05, 3.63) is 56.9 Å². The second kappa shape index (κ2) is 6.29. The van der Waals surface area contributed by atoms with E-state index in [4.69, 9.17) is 4.74 Å². The molecule has 0 radical (unpaired) electrons. The lowest BCUT2D eigenvalue weighted by atomic mass is 10.1. The van der Waals surface area contributed by atoms with Gasteiger partial charge >= 0.3 is 5.69 Å². The van der Waals surface area contributed by atoms with E-state index >= 15 is 0 Å². The highest BCUT2D eigenvalue weighted by molar-refractivity contribution is 5.93. The third-order valence-electron chi connectivity index (χ3n) is 5.23. The van der Waals surface area contributed by atoms with Crippen molar-refractivity contribution in [3.8, 4) is 11.3 Å². The van der Waals surface area contributed by atoms with Crippen molar-refractivity contribution < 1.29 is 4.74 Å². The first-order valence-corrected chi connectivity index (χ1v) is 8.95. The molecule has 136 valence electrons. The number of aromatic nitrogens is 3. The molecule has 4 rings (SSSR count). The molecule has 0 amide bonds.